The summed E-state index contributed by atoms with van der Waals surface area (Å²) in [7, 11) is 0. The predicted molar refractivity (Wildman–Crippen MR) is 67.8 cm³/mol. The maximum absolute atomic E-state index is 12.0. The highest BCUT2D eigenvalue weighted by Crippen LogP contribution is 2.25. The number of hydrogen-bond acceptors (Lipinski definition) is 3. The summed E-state index contributed by atoms with van der Waals surface area (Å²) in [6.07, 6.45) is 0. The van der Waals surface area contributed by atoms with Gasteiger partial charge in [0.2, 0.25) is 0 Å². The molecule has 0 atom stereocenters. The Morgan fingerprint density at radius 3 is 2.67 bits per heavy atom. The van der Waals surface area contributed by atoms with Crippen LogP contribution in [0.15, 0.2) is 10.9 Å². The minimum absolute atomic E-state index is 0.00102. The van der Waals surface area contributed by atoms with Gasteiger partial charge in [-0.25, -0.2) is 0 Å². The molecule has 1 fully saturated rings. The van der Waals surface area contributed by atoms with Gasteiger partial charge in [0.05, 0.1) is 13.2 Å². The maximum atomic E-state index is 12.0. The van der Waals surface area contributed by atoms with Crippen molar-refractivity contribution in [3.05, 3.63) is 33.2 Å². The monoisotopic (exact) mass is 250 g/mol. The number of aromatic amines is 1. The van der Waals surface area contributed by atoms with Gasteiger partial charge in [0.25, 0.3) is 11.5 Å². The molecule has 0 aliphatic carbocycles. The Bertz CT molecular complexity index is 530. The predicted octanol–water partition coefficient (Wildman–Crippen LogP) is 0.758. The van der Waals surface area contributed by atoms with E-state index in [1.807, 2.05) is 6.92 Å². The van der Waals surface area contributed by atoms with Gasteiger partial charge in [0, 0.05) is 17.7 Å². The van der Waals surface area contributed by atoms with Crippen LogP contribution in [0.3, 0.4) is 0 Å². The first-order valence-electron chi connectivity index (χ1n) is 5.98. The summed E-state index contributed by atoms with van der Waals surface area (Å²) < 4.78 is 5.12. The van der Waals surface area contributed by atoms with E-state index < -0.39 is 0 Å². The van der Waals surface area contributed by atoms with Gasteiger partial charge in [-0.05, 0) is 25.5 Å². The van der Waals surface area contributed by atoms with Crippen LogP contribution in [0.1, 0.15) is 28.5 Å². The largest absolute Gasteiger partial charge is 0.380 e. The van der Waals surface area contributed by atoms with Gasteiger partial charge in [-0.2, -0.15) is 0 Å². The molecule has 5 nitrogen and oxygen atoms in total. The molecule has 1 aromatic heterocycles. The molecular weight excluding hydrogens is 232 g/mol. The van der Waals surface area contributed by atoms with Gasteiger partial charge in [-0.3, -0.25) is 9.59 Å². The van der Waals surface area contributed by atoms with Crippen LogP contribution >= 0.6 is 0 Å². The molecule has 1 aliphatic rings. The molecule has 0 bridgehead atoms. The topological polar surface area (TPSA) is 71.2 Å². The van der Waals surface area contributed by atoms with Crippen molar-refractivity contribution in [3.8, 4) is 0 Å². The molecule has 2 N–H and O–H groups in total. The second kappa shape index (κ2) is 4.57. The summed E-state index contributed by atoms with van der Waals surface area (Å²) in [5.41, 5.74) is 1.32. The van der Waals surface area contributed by atoms with Crippen LogP contribution < -0.4 is 10.9 Å². The lowest BCUT2D eigenvalue weighted by atomic mass is 9.88. The highest BCUT2D eigenvalue weighted by atomic mass is 16.5. The van der Waals surface area contributed by atoms with E-state index in [0.717, 1.165) is 5.69 Å². The van der Waals surface area contributed by atoms with Crippen molar-refractivity contribution in [1.29, 1.82) is 0 Å². The standard InChI is InChI=1S/C13H18N2O3/c1-8-4-9(2)15-12(17)10(8)11(16)14-5-13(3)6-18-7-13/h4H,5-7H2,1-3H3,(H,14,16)(H,15,17). The van der Waals surface area contributed by atoms with E-state index in [4.69, 9.17) is 4.74 Å². The minimum atomic E-state index is -0.333. The van der Waals surface area contributed by atoms with Crippen LogP contribution in [0, 0.1) is 19.3 Å². The second-order valence-electron chi connectivity index (χ2n) is 5.33. The van der Waals surface area contributed by atoms with Crippen molar-refractivity contribution in [3.63, 3.8) is 0 Å². The fraction of sp³-hybridized carbons (Fsp3) is 0.538. The first-order valence-corrected chi connectivity index (χ1v) is 5.98. The van der Waals surface area contributed by atoms with E-state index in [2.05, 4.69) is 10.3 Å². The molecule has 0 radical (unpaired) electrons. The fourth-order valence-electron chi connectivity index (χ4n) is 2.07. The van der Waals surface area contributed by atoms with E-state index in [1.54, 1.807) is 19.9 Å². The van der Waals surface area contributed by atoms with Crippen LogP contribution in [0.4, 0.5) is 0 Å². The lowest BCUT2D eigenvalue weighted by molar-refractivity contribution is -0.0978. The molecule has 5 heteroatoms. The van der Waals surface area contributed by atoms with Gasteiger partial charge in [0.1, 0.15) is 5.56 Å². The van der Waals surface area contributed by atoms with Gasteiger partial charge in [-0.1, -0.05) is 6.92 Å². The summed E-state index contributed by atoms with van der Waals surface area (Å²) >= 11 is 0. The second-order valence-corrected chi connectivity index (χ2v) is 5.33. The molecule has 2 rings (SSSR count). The number of carbonyl (C=O) groups excluding carboxylic acids is 1. The van der Waals surface area contributed by atoms with Crippen molar-refractivity contribution in [1.82, 2.24) is 10.3 Å². The molecule has 0 unspecified atom stereocenters. The molecule has 18 heavy (non-hydrogen) atoms. The molecule has 0 spiro atoms. The summed E-state index contributed by atoms with van der Waals surface area (Å²) in [6.45, 7) is 7.43. The molecule has 1 aromatic rings. The first kappa shape index (κ1) is 12.8. The number of pyridine rings is 1. The number of hydrogen-bond donors (Lipinski definition) is 2. The van der Waals surface area contributed by atoms with Crippen LogP contribution in [-0.2, 0) is 4.74 Å². The minimum Gasteiger partial charge on any atom is -0.380 e. The molecule has 2 heterocycles. The Balaban J connectivity index is 2.12. The van der Waals surface area contributed by atoms with Gasteiger partial charge >= 0.3 is 0 Å². The Hall–Kier alpha value is -1.62. The average molecular weight is 250 g/mol. The molecule has 1 aliphatic heterocycles. The fourth-order valence-corrected chi connectivity index (χ4v) is 2.07. The number of H-pyrrole nitrogens is 1. The van der Waals surface area contributed by atoms with Crippen molar-refractivity contribution >= 4 is 5.91 Å². The van der Waals surface area contributed by atoms with Crippen LogP contribution in [0.25, 0.3) is 0 Å². The zero-order valence-electron chi connectivity index (χ0n) is 10.9. The van der Waals surface area contributed by atoms with Crippen molar-refractivity contribution in [2.24, 2.45) is 5.41 Å². The van der Waals surface area contributed by atoms with Crippen molar-refractivity contribution in [2.75, 3.05) is 19.8 Å². The molecule has 1 amide bonds. The van der Waals surface area contributed by atoms with Crippen LogP contribution in [-0.4, -0.2) is 30.6 Å². The van der Waals surface area contributed by atoms with Crippen LogP contribution in [0.2, 0.25) is 0 Å². The Labute approximate surface area is 106 Å². The van der Waals surface area contributed by atoms with Gasteiger partial charge < -0.3 is 15.0 Å². The van der Waals surface area contributed by atoms with E-state index >= 15 is 0 Å². The Morgan fingerprint density at radius 1 is 1.50 bits per heavy atom. The summed E-state index contributed by atoms with van der Waals surface area (Å²) in [6, 6.07) is 1.80. The SMILES string of the molecule is Cc1cc(C)c(C(=O)NCC2(C)COC2)c(=O)[nH]1. The normalized spacial score (nSPS) is 17.1. The number of nitrogens with one attached hydrogen (secondary N) is 2. The Morgan fingerprint density at radius 2 is 2.17 bits per heavy atom. The lowest BCUT2D eigenvalue weighted by Gasteiger charge is -2.38. The van der Waals surface area contributed by atoms with Crippen LogP contribution in [0.5, 0.6) is 0 Å². The number of ether oxygens (including phenoxy) is 1. The quantitative estimate of drug-likeness (QED) is 0.832. The average Bonchev–Trinajstić information content (AvgIpc) is 2.22. The molecule has 1 saturated heterocycles. The summed E-state index contributed by atoms with van der Waals surface area (Å²) in [5.74, 6) is -0.318. The number of amides is 1. The van der Waals surface area contributed by atoms with Gasteiger partial charge in [0.15, 0.2) is 0 Å². The summed E-state index contributed by atoms with van der Waals surface area (Å²) in [4.78, 5) is 26.4. The van der Waals surface area contributed by atoms with E-state index in [1.165, 1.54) is 0 Å². The van der Waals surface area contributed by atoms with Crippen molar-refractivity contribution in [2.45, 2.75) is 20.8 Å². The van der Waals surface area contributed by atoms with E-state index in [-0.39, 0.29) is 22.4 Å². The first-order chi connectivity index (χ1) is 8.41. The molecular formula is C13H18N2O3. The zero-order chi connectivity index (χ0) is 13.3. The lowest BCUT2D eigenvalue weighted by Crippen LogP contribution is -2.49. The third kappa shape index (κ3) is 2.46. The highest BCUT2D eigenvalue weighted by Gasteiger charge is 2.33. The number of aromatic nitrogens is 1. The number of aryl methyl sites for hydroxylation is 2. The third-order valence-electron chi connectivity index (χ3n) is 3.17. The smallest absolute Gasteiger partial charge is 0.261 e. The molecule has 0 saturated carbocycles. The number of carbonyl (C=O) groups is 1. The molecule has 0 aromatic carbocycles. The third-order valence-corrected chi connectivity index (χ3v) is 3.17. The van der Waals surface area contributed by atoms with Gasteiger partial charge in [-0.15, -0.1) is 0 Å². The van der Waals surface area contributed by atoms with E-state index in [9.17, 15) is 9.59 Å². The zero-order valence-corrected chi connectivity index (χ0v) is 10.9. The highest BCUT2D eigenvalue weighted by molar-refractivity contribution is 5.95. The number of rotatable bonds is 3. The van der Waals surface area contributed by atoms with E-state index in [0.29, 0.717) is 25.3 Å². The maximum Gasteiger partial charge on any atom is 0.261 e. The van der Waals surface area contributed by atoms with Crippen molar-refractivity contribution < 1.29 is 9.53 Å². The molecule has 98 valence electrons. The Kier molecular flexibility index (Phi) is 3.26. The summed E-state index contributed by atoms with van der Waals surface area (Å²) in [5, 5.41) is 2.80.